The van der Waals surface area contributed by atoms with Crippen molar-refractivity contribution in [3.05, 3.63) is 57.6 Å². The van der Waals surface area contributed by atoms with E-state index in [0.29, 0.717) is 18.3 Å². The SMILES string of the molecule is CC(C)c1cc(C(C)C)c(CC(=O)NS(=O)(=O)Oc2c(C(C)C)cc(OCCCN(C)C)cc2C(C)C)c(C(C)C)c1.Cl. The molecule has 0 aliphatic carbocycles. The van der Waals surface area contributed by atoms with Crippen molar-refractivity contribution >= 4 is 28.6 Å². The second-order valence-electron chi connectivity index (χ2n) is 13.1. The molecule has 2 aromatic rings. The first-order chi connectivity index (χ1) is 19.4. The fourth-order valence-electron chi connectivity index (χ4n) is 5.03. The van der Waals surface area contributed by atoms with E-state index in [2.05, 4.69) is 63.3 Å². The lowest BCUT2D eigenvalue weighted by atomic mass is 9.83. The fourth-order valence-corrected chi connectivity index (χ4v) is 5.83. The van der Waals surface area contributed by atoms with Crippen LogP contribution in [0.2, 0.25) is 0 Å². The van der Waals surface area contributed by atoms with Crippen molar-refractivity contribution in [3.8, 4) is 11.5 Å². The van der Waals surface area contributed by atoms with E-state index in [0.717, 1.165) is 40.8 Å². The van der Waals surface area contributed by atoms with Gasteiger partial charge in [0.2, 0.25) is 5.91 Å². The molecule has 0 saturated heterocycles. The molecule has 7 nitrogen and oxygen atoms in total. The molecule has 0 atom stereocenters. The third-order valence-electron chi connectivity index (χ3n) is 7.40. The van der Waals surface area contributed by atoms with Crippen molar-refractivity contribution in [2.45, 2.75) is 112 Å². The van der Waals surface area contributed by atoms with Crippen LogP contribution in [-0.2, 0) is 21.5 Å². The summed E-state index contributed by atoms with van der Waals surface area (Å²) in [6.07, 6.45) is 0.826. The van der Waals surface area contributed by atoms with Gasteiger partial charge in [0.25, 0.3) is 0 Å². The average Bonchev–Trinajstić information content (AvgIpc) is 2.85. The second kappa shape index (κ2) is 16.7. The molecule has 0 radical (unpaired) electrons. The van der Waals surface area contributed by atoms with Crippen LogP contribution in [0.3, 0.4) is 0 Å². The normalized spacial score (nSPS) is 12.0. The standard InChI is InChI=1S/C34H54N2O5S.ClH/c1-21(2)26-16-28(22(3)4)32(29(17-26)23(5)6)20-33(37)35-42(38,39)41-34-30(24(7)8)18-27(19-31(34)25(9)10)40-15-13-14-36(11)12;/h16-19,21-25H,13-15,20H2,1-12H3,(H,35,37);1H. The molecule has 0 spiro atoms. The molecule has 0 aromatic heterocycles. The van der Waals surface area contributed by atoms with Crippen LogP contribution in [0, 0.1) is 0 Å². The lowest BCUT2D eigenvalue weighted by molar-refractivity contribution is -0.118. The molecule has 1 N–H and O–H groups in total. The Hall–Kier alpha value is -2.29. The first kappa shape index (κ1) is 38.7. The van der Waals surface area contributed by atoms with Crippen molar-refractivity contribution in [1.29, 1.82) is 0 Å². The minimum atomic E-state index is -4.44. The lowest BCUT2D eigenvalue weighted by Gasteiger charge is -2.23. The molecule has 2 rings (SSSR count). The van der Waals surface area contributed by atoms with Crippen LogP contribution in [-0.4, -0.2) is 46.5 Å². The number of rotatable bonds is 15. The maximum atomic E-state index is 13.3. The van der Waals surface area contributed by atoms with Gasteiger partial charge < -0.3 is 13.8 Å². The molecule has 0 aliphatic rings. The summed E-state index contributed by atoms with van der Waals surface area (Å²) in [6.45, 7) is 22.1. The Labute approximate surface area is 267 Å². The van der Waals surface area contributed by atoms with E-state index in [9.17, 15) is 13.2 Å². The summed E-state index contributed by atoms with van der Waals surface area (Å²) in [7, 11) is -0.399. The van der Waals surface area contributed by atoms with Gasteiger partial charge in [-0.3, -0.25) is 4.79 Å². The highest BCUT2D eigenvalue weighted by Crippen LogP contribution is 2.39. The van der Waals surface area contributed by atoms with Crippen LogP contribution in [0.5, 0.6) is 11.5 Å². The number of nitrogens with zero attached hydrogens (tertiary/aromatic N) is 1. The van der Waals surface area contributed by atoms with Gasteiger partial charge in [-0.25, -0.2) is 4.72 Å². The van der Waals surface area contributed by atoms with Gasteiger partial charge in [-0.2, -0.15) is 8.42 Å². The zero-order valence-electron chi connectivity index (χ0n) is 28.3. The summed E-state index contributed by atoms with van der Waals surface area (Å²) in [5.74, 6) is 0.970. The third kappa shape index (κ3) is 11.3. The first-order valence-electron chi connectivity index (χ1n) is 15.3. The van der Waals surface area contributed by atoms with Crippen molar-refractivity contribution in [3.63, 3.8) is 0 Å². The number of carbonyl (C=O) groups excluding carboxylic acids is 1. The maximum Gasteiger partial charge on any atom is 0.409 e. The van der Waals surface area contributed by atoms with E-state index in [1.54, 1.807) is 0 Å². The number of halogens is 1. The molecule has 0 saturated carbocycles. The Morgan fingerprint density at radius 3 is 1.63 bits per heavy atom. The van der Waals surface area contributed by atoms with Crippen molar-refractivity contribution in [1.82, 2.24) is 9.62 Å². The molecule has 0 fully saturated rings. The number of nitrogens with one attached hydrogen (secondary N) is 1. The first-order valence-corrected chi connectivity index (χ1v) is 16.7. The van der Waals surface area contributed by atoms with Gasteiger partial charge in [0, 0.05) is 17.7 Å². The van der Waals surface area contributed by atoms with Gasteiger partial charge in [0.1, 0.15) is 5.75 Å². The number of hydrogen-bond acceptors (Lipinski definition) is 6. The molecule has 0 unspecified atom stereocenters. The van der Waals surface area contributed by atoms with E-state index in [1.165, 1.54) is 5.56 Å². The largest absolute Gasteiger partial charge is 0.494 e. The average molecular weight is 639 g/mol. The molecule has 2 aromatic carbocycles. The quantitative estimate of drug-likeness (QED) is 0.199. The van der Waals surface area contributed by atoms with E-state index < -0.39 is 16.2 Å². The molecule has 1 amide bonds. The predicted octanol–water partition coefficient (Wildman–Crippen LogP) is 8.04. The van der Waals surface area contributed by atoms with Crippen LogP contribution in [0.25, 0.3) is 0 Å². The molecule has 0 bridgehead atoms. The molecule has 9 heteroatoms. The lowest BCUT2D eigenvalue weighted by Crippen LogP contribution is -2.36. The molecule has 43 heavy (non-hydrogen) atoms. The van der Waals surface area contributed by atoms with E-state index >= 15 is 0 Å². The summed E-state index contributed by atoms with van der Waals surface area (Å²) in [6, 6.07) is 8.00. The molecular formula is C34H55ClN2O5S. The van der Waals surface area contributed by atoms with E-state index in [4.69, 9.17) is 8.92 Å². The maximum absolute atomic E-state index is 13.3. The van der Waals surface area contributed by atoms with Gasteiger partial charge >= 0.3 is 10.3 Å². The summed E-state index contributed by atoms with van der Waals surface area (Å²) >= 11 is 0. The van der Waals surface area contributed by atoms with Gasteiger partial charge in [-0.1, -0.05) is 81.4 Å². The minimum Gasteiger partial charge on any atom is -0.494 e. The smallest absolute Gasteiger partial charge is 0.409 e. The zero-order chi connectivity index (χ0) is 31.9. The third-order valence-corrected chi connectivity index (χ3v) is 8.27. The Morgan fingerprint density at radius 2 is 1.23 bits per heavy atom. The zero-order valence-corrected chi connectivity index (χ0v) is 30.0. The molecule has 0 heterocycles. The van der Waals surface area contributed by atoms with Crippen LogP contribution in [0.15, 0.2) is 24.3 Å². The Bertz CT molecular complexity index is 1260. The molecular weight excluding hydrogens is 584 g/mol. The van der Waals surface area contributed by atoms with E-state index in [1.807, 2.05) is 53.9 Å². The van der Waals surface area contributed by atoms with Crippen molar-refractivity contribution in [2.24, 2.45) is 0 Å². The number of ether oxygens (including phenoxy) is 1. The fraction of sp³-hybridized carbons (Fsp3) is 0.618. The minimum absolute atomic E-state index is 0. The predicted molar refractivity (Wildman–Crippen MR) is 181 cm³/mol. The van der Waals surface area contributed by atoms with Crippen molar-refractivity contribution in [2.75, 3.05) is 27.2 Å². The van der Waals surface area contributed by atoms with Gasteiger partial charge in [-0.15, -0.1) is 12.4 Å². The number of carbonyl (C=O) groups is 1. The molecule has 0 aliphatic heterocycles. The number of hydrogen-bond donors (Lipinski definition) is 1. The van der Waals surface area contributed by atoms with Crippen LogP contribution in [0.4, 0.5) is 0 Å². The number of amides is 1. The van der Waals surface area contributed by atoms with Gasteiger partial charge in [0.15, 0.2) is 5.75 Å². The summed E-state index contributed by atoms with van der Waals surface area (Å²) in [5.41, 5.74) is 5.69. The summed E-state index contributed by atoms with van der Waals surface area (Å²) in [5, 5.41) is 0. The summed E-state index contributed by atoms with van der Waals surface area (Å²) < 4.78 is 40.5. The van der Waals surface area contributed by atoms with Gasteiger partial charge in [-0.05, 0) is 84.5 Å². The monoisotopic (exact) mass is 638 g/mol. The highest BCUT2D eigenvalue weighted by Gasteiger charge is 2.26. The summed E-state index contributed by atoms with van der Waals surface area (Å²) in [4.78, 5) is 15.4. The van der Waals surface area contributed by atoms with E-state index in [-0.39, 0.29) is 48.2 Å². The van der Waals surface area contributed by atoms with Gasteiger partial charge in [0.05, 0.1) is 13.0 Å². The highest BCUT2D eigenvalue weighted by atomic mass is 35.5. The number of benzene rings is 2. The van der Waals surface area contributed by atoms with Crippen LogP contribution in [0.1, 0.15) is 139 Å². The van der Waals surface area contributed by atoms with Crippen LogP contribution >= 0.6 is 12.4 Å². The Balaban J connectivity index is 0.00000924. The van der Waals surface area contributed by atoms with Crippen molar-refractivity contribution < 1.29 is 22.1 Å². The van der Waals surface area contributed by atoms with Crippen LogP contribution < -0.4 is 13.6 Å². The Morgan fingerprint density at radius 1 is 0.767 bits per heavy atom. The Kier molecular flexibility index (Phi) is 15.0. The topological polar surface area (TPSA) is 84.9 Å². The highest BCUT2D eigenvalue weighted by molar-refractivity contribution is 7.85. The second-order valence-corrected chi connectivity index (χ2v) is 14.4. The molecule has 244 valence electrons.